The van der Waals surface area contributed by atoms with Gasteiger partial charge in [-0.2, -0.15) is 9.50 Å². The fourth-order valence-electron chi connectivity index (χ4n) is 3.04. The van der Waals surface area contributed by atoms with Crippen LogP contribution in [0.4, 0.5) is 10.1 Å². The summed E-state index contributed by atoms with van der Waals surface area (Å²) >= 11 is 1.48. The zero-order valence-electron chi connectivity index (χ0n) is 16.6. The summed E-state index contributed by atoms with van der Waals surface area (Å²) in [5.41, 5.74) is 2.23. The molecule has 0 aliphatic heterocycles. The number of rotatable bonds is 6. The average Bonchev–Trinajstić information content (AvgIpc) is 3.09. The van der Waals surface area contributed by atoms with Gasteiger partial charge in [0.25, 0.3) is 5.78 Å². The number of halogens is 1. The molecule has 0 fully saturated rings. The van der Waals surface area contributed by atoms with Crippen LogP contribution in [0.5, 0.6) is 0 Å². The Hall–Kier alpha value is -3.26. The maximum Gasteiger partial charge on any atom is 0.253 e. The van der Waals surface area contributed by atoms with E-state index < -0.39 is 0 Å². The third kappa shape index (κ3) is 4.49. The average molecular weight is 422 g/mol. The number of aryl methyl sites for hydroxylation is 2. The van der Waals surface area contributed by atoms with E-state index in [1.807, 2.05) is 44.2 Å². The number of benzene rings is 2. The summed E-state index contributed by atoms with van der Waals surface area (Å²) in [5, 5.41) is 8.24. The molecule has 6 nitrogen and oxygen atoms in total. The molecule has 0 spiro atoms. The largest absolute Gasteiger partial charge is 0.325 e. The molecule has 0 radical (unpaired) electrons. The number of fused-ring (bicyclic) bond motifs is 1. The normalized spacial score (nSPS) is 11.0. The molecular formula is C22H20FN5OS. The lowest BCUT2D eigenvalue weighted by Crippen LogP contribution is -2.15. The zero-order valence-corrected chi connectivity index (χ0v) is 17.4. The Bertz CT molecular complexity index is 1220. The van der Waals surface area contributed by atoms with E-state index in [-0.39, 0.29) is 18.1 Å². The predicted molar refractivity (Wildman–Crippen MR) is 114 cm³/mol. The fraction of sp³-hybridized carbons (Fsp3) is 0.182. The van der Waals surface area contributed by atoms with E-state index in [2.05, 4.69) is 20.4 Å². The van der Waals surface area contributed by atoms with Crippen molar-refractivity contribution in [3.63, 3.8) is 0 Å². The summed E-state index contributed by atoms with van der Waals surface area (Å²) in [6.07, 6.45) is 0.875. The van der Waals surface area contributed by atoms with Crippen molar-refractivity contribution < 1.29 is 9.18 Å². The highest BCUT2D eigenvalue weighted by Crippen LogP contribution is 2.33. The summed E-state index contributed by atoms with van der Waals surface area (Å²) in [4.78, 5) is 22.3. The first-order chi connectivity index (χ1) is 14.5. The second-order valence-corrected chi connectivity index (χ2v) is 7.83. The van der Waals surface area contributed by atoms with Gasteiger partial charge >= 0.3 is 0 Å². The minimum absolute atomic E-state index is 0.0958. The third-order valence-corrected chi connectivity index (χ3v) is 5.51. The summed E-state index contributed by atoms with van der Waals surface area (Å²) in [6, 6.07) is 15.6. The van der Waals surface area contributed by atoms with Crippen LogP contribution in [0.1, 0.15) is 24.0 Å². The highest BCUT2D eigenvalue weighted by molar-refractivity contribution is 7.99. The number of hydrogen-bond donors (Lipinski definition) is 1. The summed E-state index contributed by atoms with van der Waals surface area (Å²) in [6.45, 7) is 3.87. The standard InChI is InChI=1S/C22H20FN5OS/c1-3-17-13-21(28-22(25-17)24-14(2)27-28)30-19-10-5-4-9-18(19)26-20(29)12-15-7-6-8-16(23)11-15/h4-11,13H,3,12H2,1-2H3,(H,26,29). The van der Waals surface area contributed by atoms with Gasteiger partial charge in [0.15, 0.2) is 0 Å². The SMILES string of the molecule is CCc1cc(Sc2ccccc2NC(=O)Cc2cccc(F)c2)n2nc(C)nc2n1. The first-order valence-electron chi connectivity index (χ1n) is 9.56. The molecular weight excluding hydrogens is 401 g/mol. The molecule has 4 rings (SSSR count). The molecule has 2 heterocycles. The number of hydrogen-bond acceptors (Lipinski definition) is 5. The monoisotopic (exact) mass is 421 g/mol. The molecule has 0 atom stereocenters. The van der Waals surface area contributed by atoms with E-state index in [0.29, 0.717) is 22.9 Å². The molecule has 0 unspecified atom stereocenters. The van der Waals surface area contributed by atoms with E-state index >= 15 is 0 Å². The maximum atomic E-state index is 13.4. The molecule has 2 aromatic carbocycles. The Morgan fingerprint density at radius 2 is 1.97 bits per heavy atom. The molecule has 0 saturated carbocycles. The number of amides is 1. The molecule has 1 amide bonds. The van der Waals surface area contributed by atoms with Crippen molar-refractivity contribution in [2.45, 2.75) is 36.6 Å². The van der Waals surface area contributed by atoms with Crippen molar-refractivity contribution in [1.29, 1.82) is 0 Å². The lowest BCUT2D eigenvalue weighted by atomic mass is 10.1. The lowest BCUT2D eigenvalue weighted by Gasteiger charge is -2.12. The number of para-hydroxylation sites is 1. The highest BCUT2D eigenvalue weighted by Gasteiger charge is 2.14. The summed E-state index contributed by atoms with van der Waals surface area (Å²) in [5.74, 6) is 0.642. The second kappa shape index (κ2) is 8.62. The van der Waals surface area contributed by atoms with Gasteiger partial charge in [0.2, 0.25) is 5.91 Å². The van der Waals surface area contributed by atoms with Crippen molar-refractivity contribution in [2.24, 2.45) is 0 Å². The quantitative estimate of drug-likeness (QED) is 0.465. The second-order valence-electron chi connectivity index (χ2n) is 6.76. The minimum atomic E-state index is -0.354. The third-order valence-electron chi connectivity index (χ3n) is 4.43. The predicted octanol–water partition coefficient (Wildman–Crippen LogP) is 4.47. The van der Waals surface area contributed by atoms with E-state index in [1.54, 1.807) is 16.6 Å². The minimum Gasteiger partial charge on any atom is -0.325 e. The van der Waals surface area contributed by atoms with Crippen LogP contribution in [0.2, 0.25) is 0 Å². The van der Waals surface area contributed by atoms with Crippen molar-refractivity contribution in [2.75, 3.05) is 5.32 Å². The first kappa shape index (κ1) is 20.0. The van der Waals surface area contributed by atoms with Gasteiger partial charge in [-0.3, -0.25) is 4.79 Å². The van der Waals surface area contributed by atoms with Crippen LogP contribution < -0.4 is 5.32 Å². The maximum absolute atomic E-state index is 13.4. The van der Waals surface area contributed by atoms with Crippen molar-refractivity contribution >= 4 is 29.1 Å². The number of carbonyl (C=O) groups excluding carboxylic acids is 1. The van der Waals surface area contributed by atoms with Crippen LogP contribution >= 0.6 is 11.8 Å². The van der Waals surface area contributed by atoms with Gasteiger partial charge in [-0.25, -0.2) is 9.37 Å². The Labute approximate surface area is 177 Å². The lowest BCUT2D eigenvalue weighted by molar-refractivity contribution is -0.115. The molecule has 8 heteroatoms. The molecule has 0 bridgehead atoms. The van der Waals surface area contributed by atoms with E-state index in [9.17, 15) is 9.18 Å². The van der Waals surface area contributed by atoms with Crippen LogP contribution in [0.15, 0.2) is 64.5 Å². The van der Waals surface area contributed by atoms with Gasteiger partial charge in [0.05, 0.1) is 12.1 Å². The molecule has 30 heavy (non-hydrogen) atoms. The van der Waals surface area contributed by atoms with Gasteiger partial charge in [0.1, 0.15) is 16.7 Å². The van der Waals surface area contributed by atoms with E-state index in [4.69, 9.17) is 0 Å². The van der Waals surface area contributed by atoms with Gasteiger partial charge < -0.3 is 5.32 Å². The molecule has 4 aromatic rings. The van der Waals surface area contributed by atoms with E-state index in [1.165, 1.54) is 23.9 Å². The number of nitrogens with one attached hydrogen (secondary N) is 1. The summed E-state index contributed by atoms with van der Waals surface area (Å²) < 4.78 is 15.1. The van der Waals surface area contributed by atoms with Crippen LogP contribution in [0.25, 0.3) is 5.78 Å². The topological polar surface area (TPSA) is 72.2 Å². The Morgan fingerprint density at radius 3 is 2.77 bits per heavy atom. The van der Waals surface area contributed by atoms with Gasteiger partial charge in [-0.15, -0.1) is 5.10 Å². The van der Waals surface area contributed by atoms with Gasteiger partial charge in [0, 0.05) is 10.6 Å². The molecule has 0 aliphatic rings. The number of aromatic nitrogens is 4. The highest BCUT2D eigenvalue weighted by atomic mass is 32.2. The van der Waals surface area contributed by atoms with Crippen LogP contribution in [-0.4, -0.2) is 25.5 Å². The van der Waals surface area contributed by atoms with Gasteiger partial charge in [-0.1, -0.05) is 43.0 Å². The van der Waals surface area contributed by atoms with Crippen molar-refractivity contribution in [3.05, 3.63) is 77.5 Å². The Balaban J connectivity index is 1.60. The summed E-state index contributed by atoms with van der Waals surface area (Å²) in [7, 11) is 0. The van der Waals surface area contributed by atoms with Crippen LogP contribution in [0, 0.1) is 12.7 Å². The van der Waals surface area contributed by atoms with Crippen molar-refractivity contribution in [3.8, 4) is 0 Å². The number of nitrogens with zero attached hydrogens (tertiary/aromatic N) is 4. The molecule has 0 saturated heterocycles. The van der Waals surface area contributed by atoms with Crippen LogP contribution in [0.3, 0.4) is 0 Å². The van der Waals surface area contributed by atoms with Gasteiger partial charge in [-0.05, 0) is 49.2 Å². The molecule has 0 aliphatic carbocycles. The fourth-order valence-corrected chi connectivity index (χ4v) is 4.05. The van der Waals surface area contributed by atoms with Crippen molar-refractivity contribution in [1.82, 2.24) is 19.6 Å². The molecule has 152 valence electrons. The molecule has 2 aromatic heterocycles. The molecule has 1 N–H and O–H groups in total. The first-order valence-corrected chi connectivity index (χ1v) is 10.4. The smallest absolute Gasteiger partial charge is 0.253 e. The van der Waals surface area contributed by atoms with Crippen LogP contribution in [-0.2, 0) is 17.6 Å². The number of carbonyl (C=O) groups is 1. The number of anilines is 1. The Morgan fingerprint density at radius 1 is 1.13 bits per heavy atom. The zero-order chi connectivity index (χ0) is 21.1. The Kier molecular flexibility index (Phi) is 5.76. The van der Waals surface area contributed by atoms with E-state index in [0.717, 1.165) is 22.0 Å².